The van der Waals surface area contributed by atoms with E-state index < -0.39 is 5.97 Å². The topological polar surface area (TPSA) is 79.2 Å². The Morgan fingerprint density at radius 2 is 2.25 bits per heavy atom. The van der Waals surface area contributed by atoms with Crippen LogP contribution in [0.4, 0.5) is 5.69 Å². The highest BCUT2D eigenvalue weighted by Gasteiger charge is 2.16. The first-order valence-electron chi connectivity index (χ1n) is 4.74. The maximum absolute atomic E-state index is 10.9. The molecular formula is C9H14N4O2S. The van der Waals surface area contributed by atoms with Gasteiger partial charge in [0.05, 0.1) is 11.9 Å². The molecule has 0 atom stereocenters. The molecule has 0 bridgehead atoms. The number of aryl methyl sites for hydroxylation is 1. The van der Waals surface area contributed by atoms with Crippen molar-refractivity contribution in [2.24, 2.45) is 7.05 Å². The number of nitrogens with one attached hydrogen (secondary N) is 2. The maximum Gasteiger partial charge on any atom is 0.356 e. The SMILES string of the molecule is CC(C)NC(=S)Nc1cnn(C)c1C(=O)O. The van der Waals surface area contributed by atoms with E-state index in [0.717, 1.165) is 0 Å². The van der Waals surface area contributed by atoms with Crippen LogP contribution in [0.25, 0.3) is 0 Å². The summed E-state index contributed by atoms with van der Waals surface area (Å²) in [5, 5.41) is 19.0. The Morgan fingerprint density at radius 1 is 1.62 bits per heavy atom. The number of anilines is 1. The molecule has 0 saturated carbocycles. The van der Waals surface area contributed by atoms with E-state index in [0.29, 0.717) is 10.8 Å². The van der Waals surface area contributed by atoms with Crippen LogP contribution in [0, 0.1) is 0 Å². The van der Waals surface area contributed by atoms with Gasteiger partial charge in [0.2, 0.25) is 0 Å². The highest BCUT2D eigenvalue weighted by Crippen LogP contribution is 2.13. The molecule has 0 aromatic carbocycles. The fraction of sp³-hybridized carbons (Fsp3) is 0.444. The van der Waals surface area contributed by atoms with Crippen molar-refractivity contribution in [1.29, 1.82) is 0 Å². The third-order valence-electron chi connectivity index (χ3n) is 1.81. The van der Waals surface area contributed by atoms with Crippen LogP contribution < -0.4 is 10.6 Å². The summed E-state index contributed by atoms with van der Waals surface area (Å²) in [6.45, 7) is 3.88. The minimum absolute atomic E-state index is 0.0768. The van der Waals surface area contributed by atoms with Gasteiger partial charge in [-0.15, -0.1) is 0 Å². The zero-order valence-electron chi connectivity index (χ0n) is 9.31. The molecule has 0 spiro atoms. The van der Waals surface area contributed by atoms with Gasteiger partial charge < -0.3 is 15.7 Å². The summed E-state index contributed by atoms with van der Waals surface area (Å²) in [7, 11) is 1.56. The monoisotopic (exact) mass is 242 g/mol. The second-order valence-corrected chi connectivity index (χ2v) is 4.00. The molecule has 0 aliphatic rings. The van der Waals surface area contributed by atoms with Gasteiger partial charge in [0.25, 0.3) is 0 Å². The largest absolute Gasteiger partial charge is 0.476 e. The first-order chi connectivity index (χ1) is 7.41. The minimum Gasteiger partial charge on any atom is -0.476 e. The van der Waals surface area contributed by atoms with Gasteiger partial charge in [0.15, 0.2) is 10.8 Å². The molecule has 88 valence electrons. The quantitative estimate of drug-likeness (QED) is 0.681. The Morgan fingerprint density at radius 3 is 2.75 bits per heavy atom. The van der Waals surface area contributed by atoms with E-state index in [1.807, 2.05) is 13.8 Å². The van der Waals surface area contributed by atoms with E-state index in [4.69, 9.17) is 17.3 Å². The molecule has 0 unspecified atom stereocenters. The van der Waals surface area contributed by atoms with Crippen molar-refractivity contribution in [2.45, 2.75) is 19.9 Å². The van der Waals surface area contributed by atoms with Crippen LogP contribution in [0.3, 0.4) is 0 Å². The zero-order valence-corrected chi connectivity index (χ0v) is 10.1. The molecule has 16 heavy (non-hydrogen) atoms. The Labute approximate surface area is 98.6 Å². The molecule has 0 fully saturated rings. The lowest BCUT2D eigenvalue weighted by atomic mass is 10.3. The number of thiocarbonyl (C=S) groups is 1. The predicted octanol–water partition coefficient (Wildman–Crippen LogP) is 0.813. The lowest BCUT2D eigenvalue weighted by molar-refractivity contribution is 0.0686. The standard InChI is InChI=1S/C9H14N4O2S/c1-5(2)11-9(16)12-6-4-10-13(3)7(6)8(14)15/h4-5H,1-3H3,(H,14,15)(H2,11,12,16). The first kappa shape index (κ1) is 12.4. The lowest BCUT2D eigenvalue weighted by Gasteiger charge is -2.12. The van der Waals surface area contributed by atoms with Gasteiger partial charge in [-0.3, -0.25) is 4.68 Å². The van der Waals surface area contributed by atoms with Gasteiger partial charge in [-0.1, -0.05) is 0 Å². The van der Waals surface area contributed by atoms with Gasteiger partial charge in [-0.05, 0) is 26.1 Å². The highest BCUT2D eigenvalue weighted by molar-refractivity contribution is 7.80. The van der Waals surface area contributed by atoms with Crippen molar-refractivity contribution in [1.82, 2.24) is 15.1 Å². The average molecular weight is 242 g/mol. The van der Waals surface area contributed by atoms with Crippen LogP contribution in [-0.4, -0.2) is 32.0 Å². The fourth-order valence-electron chi connectivity index (χ4n) is 1.20. The van der Waals surface area contributed by atoms with Crippen molar-refractivity contribution >= 4 is 29.0 Å². The predicted molar refractivity (Wildman–Crippen MR) is 64.7 cm³/mol. The Bertz CT molecular complexity index is 414. The van der Waals surface area contributed by atoms with E-state index >= 15 is 0 Å². The number of rotatable bonds is 3. The molecule has 1 aromatic rings. The van der Waals surface area contributed by atoms with Crippen LogP contribution in [0.1, 0.15) is 24.3 Å². The molecule has 3 N–H and O–H groups in total. The molecular weight excluding hydrogens is 228 g/mol. The number of carbonyl (C=O) groups is 1. The van der Waals surface area contributed by atoms with Gasteiger partial charge in [-0.25, -0.2) is 4.79 Å². The molecule has 0 aliphatic carbocycles. The highest BCUT2D eigenvalue weighted by atomic mass is 32.1. The number of hydrogen-bond donors (Lipinski definition) is 3. The normalized spacial score (nSPS) is 10.2. The van der Waals surface area contributed by atoms with Gasteiger partial charge >= 0.3 is 5.97 Å². The summed E-state index contributed by atoms with van der Waals surface area (Å²) in [5.74, 6) is -1.05. The molecule has 7 heteroatoms. The second kappa shape index (κ2) is 4.93. The summed E-state index contributed by atoms with van der Waals surface area (Å²) in [6.07, 6.45) is 1.43. The van der Waals surface area contributed by atoms with Crippen molar-refractivity contribution in [3.05, 3.63) is 11.9 Å². The van der Waals surface area contributed by atoms with Crippen LogP contribution in [0.5, 0.6) is 0 Å². The summed E-state index contributed by atoms with van der Waals surface area (Å²) < 4.78 is 1.28. The Hall–Kier alpha value is -1.63. The van der Waals surface area contributed by atoms with Crippen molar-refractivity contribution in [2.75, 3.05) is 5.32 Å². The number of aromatic carboxylic acids is 1. The molecule has 0 amide bonds. The summed E-state index contributed by atoms with van der Waals surface area (Å²) in [6, 6.07) is 0.185. The molecule has 1 rings (SSSR count). The zero-order chi connectivity index (χ0) is 12.3. The van der Waals surface area contributed by atoms with E-state index in [-0.39, 0.29) is 11.7 Å². The molecule has 0 saturated heterocycles. The summed E-state index contributed by atoms with van der Waals surface area (Å²) >= 11 is 5.02. The van der Waals surface area contributed by atoms with Crippen LogP contribution in [0.2, 0.25) is 0 Å². The minimum atomic E-state index is -1.05. The number of carboxylic acid groups (broad SMARTS) is 1. The van der Waals surface area contributed by atoms with E-state index in [1.165, 1.54) is 10.9 Å². The molecule has 0 radical (unpaired) electrons. The number of hydrogen-bond acceptors (Lipinski definition) is 3. The number of nitrogens with zero attached hydrogens (tertiary/aromatic N) is 2. The average Bonchev–Trinajstić information content (AvgIpc) is 2.45. The Kier molecular flexibility index (Phi) is 3.83. The number of carboxylic acids is 1. The van der Waals surface area contributed by atoms with Crippen molar-refractivity contribution in [3.63, 3.8) is 0 Å². The number of aromatic nitrogens is 2. The van der Waals surface area contributed by atoms with Crippen LogP contribution in [-0.2, 0) is 7.05 Å². The van der Waals surface area contributed by atoms with Gasteiger partial charge in [0, 0.05) is 13.1 Å². The molecule has 1 heterocycles. The van der Waals surface area contributed by atoms with Crippen LogP contribution in [0.15, 0.2) is 6.20 Å². The van der Waals surface area contributed by atoms with Crippen LogP contribution >= 0.6 is 12.2 Å². The van der Waals surface area contributed by atoms with E-state index in [1.54, 1.807) is 7.05 Å². The smallest absolute Gasteiger partial charge is 0.356 e. The second-order valence-electron chi connectivity index (χ2n) is 3.59. The maximum atomic E-state index is 10.9. The summed E-state index contributed by atoms with van der Waals surface area (Å²) in [4.78, 5) is 10.9. The lowest BCUT2D eigenvalue weighted by Crippen LogP contribution is -2.34. The van der Waals surface area contributed by atoms with Gasteiger partial charge in [0.1, 0.15) is 0 Å². The molecule has 6 nitrogen and oxygen atoms in total. The van der Waals surface area contributed by atoms with Crippen molar-refractivity contribution < 1.29 is 9.90 Å². The first-order valence-corrected chi connectivity index (χ1v) is 5.15. The molecule has 0 aliphatic heterocycles. The fourth-order valence-corrected chi connectivity index (χ4v) is 1.55. The third-order valence-corrected chi connectivity index (χ3v) is 2.03. The van der Waals surface area contributed by atoms with E-state index in [9.17, 15) is 4.79 Å². The molecule has 1 aromatic heterocycles. The summed E-state index contributed by atoms with van der Waals surface area (Å²) in [5.41, 5.74) is 0.459. The third kappa shape index (κ3) is 2.93. The van der Waals surface area contributed by atoms with Crippen molar-refractivity contribution in [3.8, 4) is 0 Å². The van der Waals surface area contributed by atoms with E-state index in [2.05, 4.69) is 15.7 Å². The van der Waals surface area contributed by atoms with Gasteiger partial charge in [-0.2, -0.15) is 5.10 Å². The Balaban J connectivity index is 2.82.